The van der Waals surface area contributed by atoms with Crippen LogP contribution in [0.15, 0.2) is 12.1 Å². The van der Waals surface area contributed by atoms with Crippen LogP contribution >= 0.6 is 11.6 Å². The van der Waals surface area contributed by atoms with Gasteiger partial charge < -0.3 is 15.2 Å². The summed E-state index contributed by atoms with van der Waals surface area (Å²) in [5, 5.41) is 0.549. The molecule has 0 fully saturated rings. The molecule has 1 heterocycles. The van der Waals surface area contributed by atoms with Crippen LogP contribution in [0.4, 0.5) is 0 Å². The second-order valence-corrected chi connectivity index (χ2v) is 4.26. The van der Waals surface area contributed by atoms with E-state index in [1.807, 2.05) is 26.0 Å². The maximum Gasteiger partial charge on any atom is 0.231 e. The van der Waals surface area contributed by atoms with Crippen LogP contribution in [0.5, 0.6) is 11.5 Å². The molecule has 0 radical (unpaired) electrons. The highest BCUT2D eigenvalue weighted by Gasteiger charge is 2.25. The van der Waals surface area contributed by atoms with E-state index in [1.165, 1.54) is 0 Å². The monoisotopic (exact) mass is 213 g/mol. The molecule has 14 heavy (non-hydrogen) atoms. The van der Waals surface area contributed by atoms with Gasteiger partial charge in [0.1, 0.15) is 0 Å². The SMILES string of the molecule is CC(C)(N)c1ccc2c(c1Cl)OCO2. The Morgan fingerprint density at radius 1 is 1.36 bits per heavy atom. The summed E-state index contributed by atoms with van der Waals surface area (Å²) in [6.45, 7) is 4.02. The summed E-state index contributed by atoms with van der Waals surface area (Å²) >= 11 is 6.15. The molecule has 1 aromatic carbocycles. The van der Waals surface area contributed by atoms with Crippen LogP contribution in [0.25, 0.3) is 0 Å². The van der Waals surface area contributed by atoms with Gasteiger partial charge in [-0.05, 0) is 25.5 Å². The highest BCUT2D eigenvalue weighted by molar-refractivity contribution is 6.33. The topological polar surface area (TPSA) is 44.5 Å². The van der Waals surface area contributed by atoms with Crippen molar-refractivity contribution in [1.82, 2.24) is 0 Å². The first-order valence-electron chi connectivity index (χ1n) is 4.37. The molecule has 4 heteroatoms. The zero-order chi connectivity index (χ0) is 10.3. The Bertz CT molecular complexity index is 371. The molecule has 76 valence electrons. The summed E-state index contributed by atoms with van der Waals surface area (Å²) in [4.78, 5) is 0. The van der Waals surface area contributed by atoms with Gasteiger partial charge in [0.2, 0.25) is 6.79 Å². The van der Waals surface area contributed by atoms with E-state index in [0.29, 0.717) is 16.5 Å². The van der Waals surface area contributed by atoms with Crippen molar-refractivity contribution in [3.8, 4) is 11.5 Å². The van der Waals surface area contributed by atoms with Crippen LogP contribution in [0.2, 0.25) is 5.02 Å². The van der Waals surface area contributed by atoms with E-state index in [9.17, 15) is 0 Å². The van der Waals surface area contributed by atoms with E-state index in [0.717, 1.165) is 5.56 Å². The van der Waals surface area contributed by atoms with Gasteiger partial charge in [-0.3, -0.25) is 0 Å². The molecule has 0 unspecified atom stereocenters. The Labute approximate surface area is 87.8 Å². The van der Waals surface area contributed by atoms with Crippen LogP contribution in [0, 0.1) is 0 Å². The molecule has 0 amide bonds. The summed E-state index contributed by atoms with van der Waals surface area (Å²) < 4.78 is 10.5. The molecule has 1 aliphatic rings. The maximum atomic E-state index is 6.15. The molecule has 0 atom stereocenters. The zero-order valence-electron chi connectivity index (χ0n) is 8.13. The van der Waals surface area contributed by atoms with Crippen LogP contribution in [-0.4, -0.2) is 6.79 Å². The average molecular weight is 214 g/mol. The second kappa shape index (κ2) is 3.04. The summed E-state index contributed by atoms with van der Waals surface area (Å²) in [5.41, 5.74) is 6.36. The van der Waals surface area contributed by atoms with Crippen LogP contribution < -0.4 is 15.2 Å². The largest absolute Gasteiger partial charge is 0.454 e. The van der Waals surface area contributed by atoms with Crippen LogP contribution in [0.3, 0.4) is 0 Å². The predicted octanol–water partition coefficient (Wildman–Crippen LogP) is 2.26. The number of nitrogens with two attached hydrogens (primary N) is 1. The van der Waals surface area contributed by atoms with E-state index in [4.69, 9.17) is 26.8 Å². The minimum atomic E-state index is -0.474. The van der Waals surface area contributed by atoms with E-state index in [2.05, 4.69) is 0 Å². The van der Waals surface area contributed by atoms with E-state index >= 15 is 0 Å². The number of rotatable bonds is 1. The van der Waals surface area contributed by atoms with Gasteiger partial charge in [0, 0.05) is 5.54 Å². The van der Waals surface area contributed by atoms with Crippen molar-refractivity contribution in [3.63, 3.8) is 0 Å². The minimum Gasteiger partial charge on any atom is -0.454 e. The lowest BCUT2D eigenvalue weighted by Crippen LogP contribution is -2.28. The maximum absolute atomic E-state index is 6.15. The molecule has 0 saturated carbocycles. The van der Waals surface area contributed by atoms with Gasteiger partial charge in [0.05, 0.1) is 5.02 Å². The van der Waals surface area contributed by atoms with Crippen molar-refractivity contribution < 1.29 is 9.47 Å². The molecule has 2 N–H and O–H groups in total. The number of benzene rings is 1. The summed E-state index contributed by atoms with van der Waals surface area (Å²) in [7, 11) is 0. The molecule has 0 spiro atoms. The molecule has 0 aliphatic carbocycles. The van der Waals surface area contributed by atoms with Gasteiger partial charge in [0.25, 0.3) is 0 Å². The molecule has 0 aromatic heterocycles. The van der Waals surface area contributed by atoms with Gasteiger partial charge in [-0.1, -0.05) is 17.7 Å². The average Bonchev–Trinajstić information content (AvgIpc) is 2.50. The lowest BCUT2D eigenvalue weighted by Gasteiger charge is -2.21. The predicted molar refractivity (Wildman–Crippen MR) is 54.8 cm³/mol. The first-order chi connectivity index (χ1) is 6.50. The van der Waals surface area contributed by atoms with Gasteiger partial charge >= 0.3 is 0 Å². The molecule has 2 rings (SSSR count). The van der Waals surface area contributed by atoms with Crippen LogP contribution in [0.1, 0.15) is 19.4 Å². The molecule has 0 saturated heterocycles. The third-order valence-corrected chi connectivity index (χ3v) is 2.55. The van der Waals surface area contributed by atoms with E-state index in [1.54, 1.807) is 0 Å². The van der Waals surface area contributed by atoms with Crippen molar-refractivity contribution in [2.45, 2.75) is 19.4 Å². The van der Waals surface area contributed by atoms with E-state index < -0.39 is 5.54 Å². The Hall–Kier alpha value is -0.930. The standard InChI is InChI=1S/C10H12ClNO2/c1-10(2,12)6-3-4-7-9(8(6)11)14-5-13-7/h3-4H,5,12H2,1-2H3. The number of fused-ring (bicyclic) bond motifs is 1. The number of ether oxygens (including phenoxy) is 2. The Morgan fingerprint density at radius 3 is 2.71 bits per heavy atom. The fraction of sp³-hybridized carbons (Fsp3) is 0.400. The highest BCUT2D eigenvalue weighted by Crippen LogP contribution is 2.43. The molecule has 3 nitrogen and oxygen atoms in total. The Morgan fingerprint density at radius 2 is 2.07 bits per heavy atom. The van der Waals surface area contributed by atoms with Crippen molar-refractivity contribution in [2.75, 3.05) is 6.79 Å². The van der Waals surface area contributed by atoms with Crippen molar-refractivity contribution in [1.29, 1.82) is 0 Å². The summed E-state index contributed by atoms with van der Waals surface area (Å²) in [5.74, 6) is 1.28. The van der Waals surface area contributed by atoms with Gasteiger partial charge in [-0.2, -0.15) is 0 Å². The molecule has 0 bridgehead atoms. The summed E-state index contributed by atoms with van der Waals surface area (Å²) in [6, 6.07) is 3.70. The molecular formula is C10H12ClNO2. The normalized spacial score (nSPS) is 14.6. The fourth-order valence-corrected chi connectivity index (χ4v) is 1.89. The fourth-order valence-electron chi connectivity index (χ4n) is 1.44. The number of hydrogen-bond acceptors (Lipinski definition) is 3. The van der Waals surface area contributed by atoms with Gasteiger partial charge in [-0.15, -0.1) is 0 Å². The number of hydrogen-bond donors (Lipinski definition) is 1. The van der Waals surface area contributed by atoms with Crippen molar-refractivity contribution in [3.05, 3.63) is 22.7 Å². The van der Waals surface area contributed by atoms with Gasteiger partial charge in [-0.25, -0.2) is 0 Å². The van der Waals surface area contributed by atoms with Crippen LogP contribution in [-0.2, 0) is 5.54 Å². The molecular weight excluding hydrogens is 202 g/mol. The number of halogens is 1. The smallest absolute Gasteiger partial charge is 0.231 e. The Kier molecular flexibility index (Phi) is 2.09. The molecule has 1 aliphatic heterocycles. The third-order valence-electron chi connectivity index (χ3n) is 2.17. The minimum absolute atomic E-state index is 0.226. The zero-order valence-corrected chi connectivity index (χ0v) is 8.89. The van der Waals surface area contributed by atoms with E-state index in [-0.39, 0.29) is 6.79 Å². The quantitative estimate of drug-likeness (QED) is 0.779. The lowest BCUT2D eigenvalue weighted by atomic mass is 9.95. The van der Waals surface area contributed by atoms with Gasteiger partial charge in [0.15, 0.2) is 11.5 Å². The third kappa shape index (κ3) is 1.42. The molecule has 1 aromatic rings. The van der Waals surface area contributed by atoms with Crippen molar-refractivity contribution >= 4 is 11.6 Å². The Balaban J connectivity index is 2.56. The summed E-state index contributed by atoms with van der Waals surface area (Å²) in [6.07, 6.45) is 0. The first kappa shape index (κ1) is 9.62. The highest BCUT2D eigenvalue weighted by atomic mass is 35.5. The second-order valence-electron chi connectivity index (χ2n) is 3.88. The van der Waals surface area contributed by atoms with Crippen molar-refractivity contribution in [2.24, 2.45) is 5.73 Å². The first-order valence-corrected chi connectivity index (χ1v) is 4.75. The lowest BCUT2D eigenvalue weighted by molar-refractivity contribution is 0.174.